The van der Waals surface area contributed by atoms with Crippen LogP contribution in [0.25, 0.3) is 0 Å². The van der Waals surface area contributed by atoms with Crippen LogP contribution in [0.1, 0.15) is 29.8 Å². The zero-order chi connectivity index (χ0) is 12.8. The first-order valence-electron chi connectivity index (χ1n) is 6.38. The number of carbonyl (C=O) groups excluding carboxylic acids is 1. The highest BCUT2D eigenvalue weighted by Crippen LogP contribution is 2.08. The van der Waals surface area contributed by atoms with E-state index in [1.54, 1.807) is 18.3 Å². The van der Waals surface area contributed by atoms with Gasteiger partial charge in [-0.05, 0) is 51.0 Å². The van der Waals surface area contributed by atoms with Crippen LogP contribution in [0.3, 0.4) is 0 Å². The first-order valence-corrected chi connectivity index (χ1v) is 6.75. The summed E-state index contributed by atoms with van der Waals surface area (Å²) in [5, 5.41) is 3.40. The number of halogens is 1. The van der Waals surface area contributed by atoms with E-state index >= 15 is 0 Å². The summed E-state index contributed by atoms with van der Waals surface area (Å²) in [6.07, 6.45) is 5.13. The van der Waals surface area contributed by atoms with Crippen LogP contribution in [-0.4, -0.2) is 42.0 Å². The number of rotatable bonds is 5. The molecule has 0 spiro atoms. The van der Waals surface area contributed by atoms with E-state index in [0.717, 1.165) is 13.0 Å². The fraction of sp³-hybridized carbons (Fsp3) is 0.538. The fourth-order valence-corrected chi connectivity index (χ4v) is 2.29. The minimum atomic E-state index is -0.154. The van der Waals surface area contributed by atoms with Crippen LogP contribution in [-0.2, 0) is 0 Å². The van der Waals surface area contributed by atoms with E-state index in [4.69, 9.17) is 11.6 Å². The molecule has 2 rings (SSSR count). The molecule has 1 fully saturated rings. The summed E-state index contributed by atoms with van der Waals surface area (Å²) in [6.45, 7) is 4.14. The molecule has 0 aliphatic carbocycles. The van der Waals surface area contributed by atoms with Gasteiger partial charge in [0.2, 0.25) is 0 Å². The molecule has 0 aromatic carbocycles. The molecule has 1 N–H and O–H groups in total. The van der Waals surface area contributed by atoms with Crippen LogP contribution in [0, 0.1) is 0 Å². The van der Waals surface area contributed by atoms with Crippen molar-refractivity contribution < 1.29 is 4.79 Å². The smallest absolute Gasteiger partial charge is 0.269 e. The van der Waals surface area contributed by atoms with Gasteiger partial charge in [0.25, 0.3) is 5.91 Å². The zero-order valence-electron chi connectivity index (χ0n) is 10.4. The molecule has 1 saturated heterocycles. The summed E-state index contributed by atoms with van der Waals surface area (Å²) < 4.78 is 0. The van der Waals surface area contributed by atoms with Gasteiger partial charge in [-0.2, -0.15) is 0 Å². The normalized spacial score (nSPS) is 15.8. The second-order valence-corrected chi connectivity index (χ2v) is 4.95. The Morgan fingerprint density at radius 2 is 2.22 bits per heavy atom. The van der Waals surface area contributed by atoms with E-state index in [2.05, 4.69) is 15.2 Å². The highest BCUT2D eigenvalue weighted by molar-refractivity contribution is 6.30. The molecule has 0 radical (unpaired) electrons. The number of pyridine rings is 1. The number of aromatic nitrogens is 1. The van der Waals surface area contributed by atoms with Crippen molar-refractivity contribution in [2.45, 2.75) is 19.3 Å². The average molecular weight is 268 g/mol. The Balaban J connectivity index is 1.68. The van der Waals surface area contributed by atoms with Crippen molar-refractivity contribution >= 4 is 17.5 Å². The quantitative estimate of drug-likeness (QED) is 0.830. The third kappa shape index (κ3) is 3.96. The minimum absolute atomic E-state index is 0.154. The predicted octanol–water partition coefficient (Wildman–Crippen LogP) is 1.95. The molecule has 0 saturated carbocycles. The summed E-state index contributed by atoms with van der Waals surface area (Å²) in [6, 6.07) is 3.24. The topological polar surface area (TPSA) is 45.2 Å². The Kier molecular flexibility index (Phi) is 4.96. The standard InChI is InChI=1S/C13H18ClN3O/c14-11-4-6-15-12(10-11)13(18)16-5-3-9-17-7-1-2-8-17/h4,6,10H,1-3,5,7-9H2,(H,16,18). The van der Waals surface area contributed by atoms with Crippen LogP contribution >= 0.6 is 11.6 Å². The van der Waals surface area contributed by atoms with Crippen LogP contribution in [0.5, 0.6) is 0 Å². The molecule has 1 aromatic rings. The molecule has 5 heteroatoms. The van der Waals surface area contributed by atoms with E-state index in [1.807, 2.05) is 0 Å². The largest absolute Gasteiger partial charge is 0.351 e. The Bertz CT molecular complexity index is 405. The third-order valence-corrected chi connectivity index (χ3v) is 3.33. The Morgan fingerprint density at radius 1 is 1.44 bits per heavy atom. The van der Waals surface area contributed by atoms with Crippen molar-refractivity contribution in [2.75, 3.05) is 26.2 Å². The van der Waals surface area contributed by atoms with Crippen LogP contribution < -0.4 is 5.32 Å². The molecule has 1 aliphatic heterocycles. The van der Waals surface area contributed by atoms with E-state index in [1.165, 1.54) is 25.9 Å². The van der Waals surface area contributed by atoms with E-state index in [0.29, 0.717) is 17.3 Å². The lowest BCUT2D eigenvalue weighted by molar-refractivity contribution is 0.0947. The number of nitrogens with zero attached hydrogens (tertiary/aromatic N) is 2. The van der Waals surface area contributed by atoms with Gasteiger partial charge in [0.15, 0.2) is 0 Å². The number of hydrogen-bond acceptors (Lipinski definition) is 3. The molecule has 2 heterocycles. The Morgan fingerprint density at radius 3 is 2.94 bits per heavy atom. The molecule has 1 aromatic heterocycles. The maximum absolute atomic E-state index is 11.7. The average Bonchev–Trinajstić information content (AvgIpc) is 2.87. The summed E-state index contributed by atoms with van der Waals surface area (Å²) in [4.78, 5) is 18.2. The monoisotopic (exact) mass is 267 g/mol. The van der Waals surface area contributed by atoms with E-state index in [9.17, 15) is 4.79 Å². The SMILES string of the molecule is O=C(NCCCN1CCCC1)c1cc(Cl)ccn1. The number of nitrogens with one attached hydrogen (secondary N) is 1. The van der Waals surface area contributed by atoms with Gasteiger partial charge in [-0.3, -0.25) is 9.78 Å². The van der Waals surface area contributed by atoms with Gasteiger partial charge >= 0.3 is 0 Å². The molecule has 1 aliphatic rings. The first-order chi connectivity index (χ1) is 8.75. The summed E-state index contributed by atoms with van der Waals surface area (Å²) in [5.41, 5.74) is 0.378. The van der Waals surface area contributed by atoms with Crippen LogP contribution in [0.4, 0.5) is 0 Å². The van der Waals surface area contributed by atoms with Gasteiger partial charge in [-0.1, -0.05) is 11.6 Å². The summed E-state index contributed by atoms with van der Waals surface area (Å²) >= 11 is 5.81. The molecule has 18 heavy (non-hydrogen) atoms. The van der Waals surface area contributed by atoms with Crippen molar-refractivity contribution in [3.8, 4) is 0 Å². The molecular weight excluding hydrogens is 250 g/mol. The van der Waals surface area contributed by atoms with Gasteiger partial charge in [-0.25, -0.2) is 0 Å². The van der Waals surface area contributed by atoms with Crippen molar-refractivity contribution in [2.24, 2.45) is 0 Å². The molecule has 0 unspecified atom stereocenters. The van der Waals surface area contributed by atoms with Gasteiger partial charge in [-0.15, -0.1) is 0 Å². The maximum atomic E-state index is 11.7. The van der Waals surface area contributed by atoms with Crippen LogP contribution in [0.15, 0.2) is 18.3 Å². The number of amides is 1. The van der Waals surface area contributed by atoms with Gasteiger partial charge in [0, 0.05) is 17.8 Å². The lowest BCUT2D eigenvalue weighted by Crippen LogP contribution is -2.29. The van der Waals surface area contributed by atoms with Gasteiger partial charge < -0.3 is 10.2 Å². The lowest BCUT2D eigenvalue weighted by Gasteiger charge is -2.14. The third-order valence-electron chi connectivity index (χ3n) is 3.09. The highest BCUT2D eigenvalue weighted by atomic mass is 35.5. The second-order valence-electron chi connectivity index (χ2n) is 4.52. The summed E-state index contributed by atoms with van der Waals surface area (Å²) in [5.74, 6) is -0.154. The van der Waals surface area contributed by atoms with Crippen molar-refractivity contribution in [3.05, 3.63) is 29.0 Å². The Labute approximate surface area is 112 Å². The number of carbonyl (C=O) groups is 1. The maximum Gasteiger partial charge on any atom is 0.269 e. The van der Waals surface area contributed by atoms with Gasteiger partial charge in [0.05, 0.1) is 0 Å². The molecule has 98 valence electrons. The van der Waals surface area contributed by atoms with Crippen LogP contribution in [0.2, 0.25) is 5.02 Å². The zero-order valence-corrected chi connectivity index (χ0v) is 11.1. The number of likely N-dealkylation sites (tertiary alicyclic amines) is 1. The van der Waals surface area contributed by atoms with Crippen molar-refractivity contribution in [1.82, 2.24) is 15.2 Å². The molecule has 1 amide bonds. The molecule has 0 bridgehead atoms. The van der Waals surface area contributed by atoms with Crippen molar-refractivity contribution in [1.29, 1.82) is 0 Å². The molecule has 0 atom stereocenters. The predicted molar refractivity (Wildman–Crippen MR) is 71.9 cm³/mol. The molecule has 4 nitrogen and oxygen atoms in total. The lowest BCUT2D eigenvalue weighted by atomic mass is 10.3. The van der Waals surface area contributed by atoms with E-state index in [-0.39, 0.29) is 5.91 Å². The fourth-order valence-electron chi connectivity index (χ4n) is 2.13. The Hall–Kier alpha value is -1.13. The van der Waals surface area contributed by atoms with Gasteiger partial charge in [0.1, 0.15) is 5.69 Å². The minimum Gasteiger partial charge on any atom is -0.351 e. The first kappa shape index (κ1) is 13.3. The number of hydrogen-bond donors (Lipinski definition) is 1. The van der Waals surface area contributed by atoms with E-state index < -0.39 is 0 Å². The highest BCUT2D eigenvalue weighted by Gasteiger charge is 2.11. The second kappa shape index (κ2) is 6.71. The summed E-state index contributed by atoms with van der Waals surface area (Å²) in [7, 11) is 0. The van der Waals surface area contributed by atoms with Crippen molar-refractivity contribution in [3.63, 3.8) is 0 Å². The molecular formula is C13H18ClN3O.